The second-order valence-corrected chi connectivity index (χ2v) is 8.76. The first-order valence-corrected chi connectivity index (χ1v) is 11.2. The molecular formula is C21H37NO11. The molecule has 12 heteroatoms. The summed E-state index contributed by atoms with van der Waals surface area (Å²) >= 11 is 0. The van der Waals surface area contributed by atoms with Gasteiger partial charge in [-0.2, -0.15) is 0 Å². The predicted octanol–water partition coefficient (Wildman–Crippen LogP) is -1.77. The monoisotopic (exact) mass is 479 g/mol. The number of hydrogen-bond acceptors (Lipinski definition) is 10. The summed E-state index contributed by atoms with van der Waals surface area (Å²) in [6.45, 7) is 4.53. The van der Waals surface area contributed by atoms with E-state index in [9.17, 15) is 35.1 Å². The van der Waals surface area contributed by atoms with E-state index in [1.807, 2.05) is 6.92 Å². The molecule has 2 saturated heterocycles. The number of carboxylic acid groups (broad SMARTS) is 1. The van der Waals surface area contributed by atoms with E-state index in [1.54, 1.807) is 6.92 Å². The van der Waals surface area contributed by atoms with Crippen LogP contribution in [0.15, 0.2) is 0 Å². The minimum Gasteiger partial charge on any atom is -0.479 e. The van der Waals surface area contributed by atoms with E-state index in [0.717, 1.165) is 0 Å². The van der Waals surface area contributed by atoms with Crippen LogP contribution in [0.25, 0.3) is 0 Å². The van der Waals surface area contributed by atoms with Gasteiger partial charge in [0.1, 0.15) is 24.4 Å². The number of aliphatic carboxylic acids is 1. The van der Waals surface area contributed by atoms with Crippen LogP contribution in [0.1, 0.15) is 33.6 Å². The van der Waals surface area contributed by atoms with Gasteiger partial charge in [-0.25, -0.2) is 4.79 Å². The average molecular weight is 480 g/mol. The Morgan fingerprint density at radius 1 is 1.27 bits per heavy atom. The standard InChI is InChI=1S/C21H37NO11/c1-5-11-6-9(2)19(27)22-12(16(11)32-13(7-23)10(3)24)8-31-21-15(26)14(25)17(30-4)18(33-21)20(28)29/h9-18,21,23-26H,5-8H2,1-4H3,(H,22,27)(H,28,29)/t9?,10-,11?,12-,13?,14?,15?,16+,17?,18?,21?/m0/s1. The average Bonchev–Trinajstić information content (AvgIpc) is 2.88. The smallest absolute Gasteiger partial charge is 0.335 e. The van der Waals surface area contributed by atoms with Gasteiger partial charge < -0.3 is 49.8 Å². The number of nitrogens with one attached hydrogen (secondary N) is 1. The number of amides is 1. The number of carbonyl (C=O) groups excluding carboxylic acids is 1. The number of methoxy groups -OCH3 is 1. The minimum absolute atomic E-state index is 0.118. The fourth-order valence-electron chi connectivity index (χ4n) is 4.32. The number of ether oxygens (including phenoxy) is 4. The van der Waals surface area contributed by atoms with Crippen molar-refractivity contribution in [3.63, 3.8) is 0 Å². The number of hydrogen-bond donors (Lipinski definition) is 6. The molecule has 6 N–H and O–H groups in total. The highest BCUT2D eigenvalue weighted by Gasteiger charge is 2.49. The summed E-state index contributed by atoms with van der Waals surface area (Å²) in [5, 5.41) is 52.4. The fraction of sp³-hybridized carbons (Fsp3) is 0.905. The molecule has 2 fully saturated rings. The maximum Gasteiger partial charge on any atom is 0.335 e. The zero-order chi connectivity index (χ0) is 24.9. The molecule has 11 atom stereocenters. The Kier molecular flexibility index (Phi) is 10.4. The topological polar surface area (TPSA) is 184 Å². The lowest BCUT2D eigenvalue weighted by Gasteiger charge is -2.41. The summed E-state index contributed by atoms with van der Waals surface area (Å²) in [5.74, 6) is -2.07. The molecule has 0 spiro atoms. The van der Waals surface area contributed by atoms with Crippen LogP contribution in [-0.4, -0.2) is 113 Å². The number of carboxylic acids is 1. The van der Waals surface area contributed by atoms with Crippen molar-refractivity contribution in [1.82, 2.24) is 5.32 Å². The molecule has 2 heterocycles. The molecule has 0 aromatic rings. The first-order valence-electron chi connectivity index (χ1n) is 11.2. The van der Waals surface area contributed by atoms with E-state index in [-0.39, 0.29) is 24.3 Å². The second-order valence-electron chi connectivity index (χ2n) is 8.76. The van der Waals surface area contributed by atoms with Crippen LogP contribution in [0, 0.1) is 11.8 Å². The van der Waals surface area contributed by atoms with Crippen LogP contribution in [0.4, 0.5) is 0 Å². The normalized spacial score (nSPS) is 39.4. The van der Waals surface area contributed by atoms with Crippen molar-refractivity contribution in [2.45, 2.75) is 88.7 Å². The highest BCUT2D eigenvalue weighted by atomic mass is 16.7. The quantitative estimate of drug-likeness (QED) is 0.208. The lowest BCUT2D eigenvalue weighted by molar-refractivity contribution is -0.299. The van der Waals surface area contributed by atoms with Crippen LogP contribution in [-0.2, 0) is 28.5 Å². The van der Waals surface area contributed by atoms with Crippen molar-refractivity contribution < 1.29 is 54.1 Å². The molecule has 0 saturated carbocycles. The van der Waals surface area contributed by atoms with Crippen molar-refractivity contribution in [3.05, 3.63) is 0 Å². The van der Waals surface area contributed by atoms with Crippen molar-refractivity contribution in [1.29, 1.82) is 0 Å². The maximum absolute atomic E-state index is 12.6. The van der Waals surface area contributed by atoms with Crippen molar-refractivity contribution in [2.24, 2.45) is 11.8 Å². The van der Waals surface area contributed by atoms with Gasteiger partial charge in [-0.05, 0) is 19.3 Å². The molecule has 0 bridgehead atoms. The Morgan fingerprint density at radius 2 is 1.94 bits per heavy atom. The van der Waals surface area contributed by atoms with Crippen LogP contribution >= 0.6 is 0 Å². The highest BCUT2D eigenvalue weighted by molar-refractivity contribution is 5.79. The lowest BCUT2D eigenvalue weighted by atomic mass is 9.87. The van der Waals surface area contributed by atoms with E-state index >= 15 is 0 Å². The molecule has 192 valence electrons. The summed E-state index contributed by atoms with van der Waals surface area (Å²) in [4.78, 5) is 24.1. The lowest BCUT2D eigenvalue weighted by Crippen LogP contribution is -2.61. The Labute approximate surface area is 192 Å². The molecule has 33 heavy (non-hydrogen) atoms. The van der Waals surface area contributed by atoms with Crippen LogP contribution in [0.3, 0.4) is 0 Å². The molecule has 1 amide bonds. The minimum atomic E-state index is -1.60. The molecule has 12 nitrogen and oxygen atoms in total. The Bertz CT molecular complexity index is 648. The van der Waals surface area contributed by atoms with Gasteiger partial charge in [-0.3, -0.25) is 4.79 Å². The molecule has 2 aliphatic rings. The van der Waals surface area contributed by atoms with Gasteiger partial charge in [-0.1, -0.05) is 20.3 Å². The Hall–Kier alpha value is -1.38. The van der Waals surface area contributed by atoms with Gasteiger partial charge in [0, 0.05) is 13.0 Å². The van der Waals surface area contributed by atoms with Gasteiger partial charge in [0.2, 0.25) is 5.91 Å². The third-order valence-electron chi connectivity index (χ3n) is 6.37. The van der Waals surface area contributed by atoms with Crippen LogP contribution in [0.5, 0.6) is 0 Å². The third kappa shape index (κ3) is 6.61. The largest absolute Gasteiger partial charge is 0.479 e. The van der Waals surface area contributed by atoms with E-state index < -0.39 is 67.6 Å². The third-order valence-corrected chi connectivity index (χ3v) is 6.37. The summed E-state index contributed by atoms with van der Waals surface area (Å²) in [5.41, 5.74) is 0. The van der Waals surface area contributed by atoms with E-state index in [4.69, 9.17) is 18.9 Å². The molecular weight excluding hydrogens is 442 g/mol. The van der Waals surface area contributed by atoms with E-state index in [1.165, 1.54) is 14.0 Å². The van der Waals surface area contributed by atoms with Gasteiger partial charge in [0.05, 0.1) is 31.5 Å². The molecule has 2 aliphatic heterocycles. The fourth-order valence-corrected chi connectivity index (χ4v) is 4.32. The number of aliphatic hydroxyl groups excluding tert-OH is 4. The van der Waals surface area contributed by atoms with Crippen molar-refractivity contribution in [2.75, 3.05) is 20.3 Å². The van der Waals surface area contributed by atoms with E-state index in [2.05, 4.69) is 5.32 Å². The maximum atomic E-state index is 12.6. The highest BCUT2D eigenvalue weighted by Crippen LogP contribution is 2.30. The van der Waals surface area contributed by atoms with Crippen molar-refractivity contribution >= 4 is 11.9 Å². The first-order chi connectivity index (χ1) is 15.5. The molecule has 0 aromatic heterocycles. The zero-order valence-electron chi connectivity index (χ0n) is 19.4. The summed E-state index contributed by atoms with van der Waals surface area (Å²) in [7, 11) is 1.19. The Balaban J connectivity index is 2.22. The molecule has 2 rings (SSSR count). The predicted molar refractivity (Wildman–Crippen MR) is 112 cm³/mol. The van der Waals surface area contributed by atoms with Gasteiger partial charge in [-0.15, -0.1) is 0 Å². The van der Waals surface area contributed by atoms with Gasteiger partial charge >= 0.3 is 5.97 Å². The number of carbonyl (C=O) groups is 2. The summed E-state index contributed by atoms with van der Waals surface area (Å²) in [6.07, 6.45) is -8.91. The second kappa shape index (κ2) is 12.4. The molecule has 0 radical (unpaired) electrons. The summed E-state index contributed by atoms with van der Waals surface area (Å²) < 4.78 is 22.0. The summed E-state index contributed by atoms with van der Waals surface area (Å²) in [6, 6.07) is -0.753. The number of rotatable bonds is 10. The Morgan fingerprint density at radius 3 is 2.45 bits per heavy atom. The van der Waals surface area contributed by atoms with Crippen LogP contribution < -0.4 is 5.32 Å². The van der Waals surface area contributed by atoms with E-state index in [0.29, 0.717) is 12.8 Å². The molecule has 8 unspecified atom stereocenters. The number of aliphatic hydroxyl groups is 4. The zero-order valence-corrected chi connectivity index (χ0v) is 19.4. The molecule has 0 aromatic carbocycles. The van der Waals surface area contributed by atoms with Gasteiger partial charge in [0.15, 0.2) is 12.4 Å². The van der Waals surface area contributed by atoms with Crippen molar-refractivity contribution in [3.8, 4) is 0 Å². The first kappa shape index (κ1) is 27.9. The van der Waals surface area contributed by atoms with Gasteiger partial charge in [0.25, 0.3) is 0 Å². The van der Waals surface area contributed by atoms with Crippen LogP contribution in [0.2, 0.25) is 0 Å². The SMILES string of the molecule is CCC1CC(C)C(=O)N[C@@H](COC2OC(C(=O)O)C(OC)C(O)C2O)[C@@H]1OC(CO)[C@H](C)O. The molecule has 0 aliphatic carbocycles.